The Hall–Kier alpha value is -4.67. The fraction of sp³-hybridized carbons (Fsp3) is 0.400. The van der Waals surface area contributed by atoms with Crippen LogP contribution < -0.4 is 27.0 Å². The molecule has 0 spiro atoms. The molecule has 2 aromatic carbocycles. The van der Waals surface area contributed by atoms with E-state index in [0.29, 0.717) is 5.75 Å². The minimum absolute atomic E-state index is 0. The Morgan fingerprint density at radius 3 is 1.91 bits per heavy atom. The number of carboxylic acid groups (broad SMARTS) is 2. The number of benzene rings is 2. The van der Waals surface area contributed by atoms with Crippen molar-refractivity contribution in [1.82, 2.24) is 21.3 Å². The van der Waals surface area contributed by atoms with Gasteiger partial charge < -0.3 is 47.8 Å². The molecule has 46 heavy (non-hydrogen) atoms. The number of carbonyl (C=O) groups excluding carboxylic acids is 4. The predicted octanol–water partition coefficient (Wildman–Crippen LogP) is -0.801. The van der Waals surface area contributed by atoms with Crippen LogP contribution in [0.5, 0.6) is 5.75 Å². The molecule has 0 heterocycles. The minimum Gasteiger partial charge on any atom is -0.508 e. The first-order chi connectivity index (χ1) is 21.2. The standard InChI is InChI=1S/C28H37N5O7S.C2H4O2.H2O/c1-17(31-26(37)21(29)14-19-8-10-20(34)11-9-19)25(36)30-16-24(35)32-23(15-18-6-4-3-5-7-18)27(38)33-22(28(39)40)12-13-41-2;1-2(3)4;/h3-11,17,21-23,34H,12-16,29H2,1-2H3,(H,30,36)(H,31,37)(H,32,35)(H,33,38)(H,39,40);1H3,(H,3,4);1H2/t17-,21+,22+,23+;;/m1../s1. The predicted molar refractivity (Wildman–Crippen MR) is 172 cm³/mol. The summed E-state index contributed by atoms with van der Waals surface area (Å²) in [5, 5.41) is 36.2. The maximum Gasteiger partial charge on any atom is 0.326 e. The summed E-state index contributed by atoms with van der Waals surface area (Å²) in [5.41, 5.74) is 7.41. The molecule has 0 saturated carbocycles. The molecule has 15 nitrogen and oxygen atoms in total. The number of aromatic hydroxyl groups is 1. The smallest absolute Gasteiger partial charge is 0.326 e. The number of hydrogen-bond acceptors (Lipinski definition) is 9. The number of aliphatic carboxylic acids is 2. The van der Waals surface area contributed by atoms with Crippen molar-refractivity contribution in [3.63, 3.8) is 0 Å². The van der Waals surface area contributed by atoms with Crippen molar-refractivity contribution < 1.29 is 49.6 Å². The lowest BCUT2D eigenvalue weighted by Crippen LogP contribution is -2.55. The second-order valence-electron chi connectivity index (χ2n) is 9.93. The zero-order chi connectivity index (χ0) is 33.9. The lowest BCUT2D eigenvalue weighted by Gasteiger charge is -2.22. The third-order valence-electron chi connectivity index (χ3n) is 6.06. The molecule has 11 N–H and O–H groups in total. The number of thioether (sulfide) groups is 1. The first kappa shape index (κ1) is 41.3. The van der Waals surface area contributed by atoms with Gasteiger partial charge in [0, 0.05) is 13.3 Å². The molecule has 0 aliphatic carbocycles. The summed E-state index contributed by atoms with van der Waals surface area (Å²) in [4.78, 5) is 71.2. The van der Waals surface area contributed by atoms with Crippen molar-refractivity contribution in [1.29, 1.82) is 0 Å². The molecule has 16 heteroatoms. The number of rotatable bonds is 16. The largest absolute Gasteiger partial charge is 0.508 e. The Labute approximate surface area is 271 Å². The Kier molecular flexibility index (Phi) is 19.7. The van der Waals surface area contributed by atoms with Gasteiger partial charge in [-0.3, -0.25) is 24.0 Å². The van der Waals surface area contributed by atoms with Crippen LogP contribution in [-0.2, 0) is 41.6 Å². The number of carbonyl (C=O) groups is 6. The number of phenolic OH excluding ortho intramolecular Hbond substituents is 1. The average Bonchev–Trinajstić information content (AvgIpc) is 2.98. The second kappa shape index (κ2) is 21.9. The molecule has 4 atom stereocenters. The number of carboxylic acids is 2. The molecule has 0 saturated heterocycles. The van der Waals surface area contributed by atoms with Crippen LogP contribution in [-0.4, -0.2) is 99.1 Å². The monoisotopic (exact) mass is 665 g/mol. The topological polar surface area (TPSA) is 269 Å². The van der Waals surface area contributed by atoms with E-state index in [0.717, 1.165) is 18.1 Å². The van der Waals surface area contributed by atoms with Crippen LogP contribution in [0.1, 0.15) is 31.4 Å². The lowest BCUT2D eigenvalue weighted by atomic mass is 10.0. The van der Waals surface area contributed by atoms with E-state index in [9.17, 15) is 34.2 Å². The van der Waals surface area contributed by atoms with Crippen molar-refractivity contribution in [3.8, 4) is 5.75 Å². The third kappa shape index (κ3) is 17.0. The van der Waals surface area contributed by atoms with Gasteiger partial charge in [-0.2, -0.15) is 11.8 Å². The molecule has 0 unspecified atom stereocenters. The van der Waals surface area contributed by atoms with E-state index < -0.39 is 66.3 Å². The highest BCUT2D eigenvalue weighted by Crippen LogP contribution is 2.11. The number of nitrogens with one attached hydrogen (secondary N) is 4. The van der Waals surface area contributed by atoms with Gasteiger partial charge in [-0.25, -0.2) is 4.79 Å². The first-order valence-electron chi connectivity index (χ1n) is 13.9. The van der Waals surface area contributed by atoms with E-state index in [1.165, 1.54) is 30.8 Å². The Morgan fingerprint density at radius 2 is 1.37 bits per heavy atom. The van der Waals surface area contributed by atoms with Gasteiger partial charge in [-0.05, 0) is 55.0 Å². The molecular weight excluding hydrogens is 622 g/mol. The van der Waals surface area contributed by atoms with Crippen LogP contribution in [0, 0.1) is 0 Å². The van der Waals surface area contributed by atoms with E-state index in [1.54, 1.807) is 42.5 Å². The summed E-state index contributed by atoms with van der Waals surface area (Å²) in [7, 11) is 0. The van der Waals surface area contributed by atoms with Gasteiger partial charge in [-0.15, -0.1) is 0 Å². The zero-order valence-corrected chi connectivity index (χ0v) is 26.6. The van der Waals surface area contributed by atoms with E-state index in [1.807, 2.05) is 6.26 Å². The van der Waals surface area contributed by atoms with Crippen LogP contribution in [0.4, 0.5) is 0 Å². The summed E-state index contributed by atoms with van der Waals surface area (Å²) in [5.74, 6) is -3.95. The van der Waals surface area contributed by atoms with Gasteiger partial charge >= 0.3 is 5.97 Å². The summed E-state index contributed by atoms with van der Waals surface area (Å²) in [6, 6.07) is 11.0. The fourth-order valence-electron chi connectivity index (χ4n) is 3.75. The number of nitrogens with two attached hydrogens (primary N) is 1. The molecule has 0 fully saturated rings. The summed E-state index contributed by atoms with van der Waals surface area (Å²) < 4.78 is 0. The van der Waals surface area contributed by atoms with Gasteiger partial charge in [0.2, 0.25) is 23.6 Å². The highest BCUT2D eigenvalue weighted by molar-refractivity contribution is 7.98. The maximum atomic E-state index is 13.0. The Morgan fingerprint density at radius 1 is 0.804 bits per heavy atom. The number of amides is 4. The molecule has 0 bridgehead atoms. The van der Waals surface area contributed by atoms with E-state index >= 15 is 0 Å². The van der Waals surface area contributed by atoms with Crippen LogP contribution in [0.15, 0.2) is 54.6 Å². The van der Waals surface area contributed by atoms with Gasteiger partial charge in [-0.1, -0.05) is 42.5 Å². The molecule has 2 rings (SSSR count). The molecule has 0 radical (unpaired) electrons. The second-order valence-corrected chi connectivity index (χ2v) is 10.9. The van der Waals surface area contributed by atoms with Crippen molar-refractivity contribution in [2.45, 2.75) is 57.3 Å². The Balaban J connectivity index is 0.00000381. The van der Waals surface area contributed by atoms with E-state index in [4.69, 9.17) is 15.6 Å². The fourth-order valence-corrected chi connectivity index (χ4v) is 4.23. The highest BCUT2D eigenvalue weighted by Gasteiger charge is 2.27. The van der Waals surface area contributed by atoms with Gasteiger partial charge in [0.05, 0.1) is 12.6 Å². The van der Waals surface area contributed by atoms with Crippen LogP contribution in [0.25, 0.3) is 0 Å². The van der Waals surface area contributed by atoms with Crippen LogP contribution in [0.2, 0.25) is 0 Å². The summed E-state index contributed by atoms with van der Waals surface area (Å²) >= 11 is 1.45. The van der Waals surface area contributed by atoms with Crippen molar-refractivity contribution in [3.05, 3.63) is 65.7 Å². The number of phenols is 1. The Bertz CT molecular complexity index is 1280. The first-order valence-corrected chi connectivity index (χ1v) is 15.3. The zero-order valence-electron chi connectivity index (χ0n) is 25.8. The summed E-state index contributed by atoms with van der Waals surface area (Å²) in [6.45, 7) is 2.04. The number of hydrogen-bond donors (Lipinski definition) is 8. The molecule has 254 valence electrons. The van der Waals surface area contributed by atoms with Crippen molar-refractivity contribution in [2.24, 2.45) is 5.73 Å². The molecule has 0 aliphatic heterocycles. The quantitative estimate of drug-likeness (QED) is 0.110. The van der Waals surface area contributed by atoms with Crippen LogP contribution >= 0.6 is 11.8 Å². The third-order valence-corrected chi connectivity index (χ3v) is 6.71. The van der Waals surface area contributed by atoms with E-state index in [-0.39, 0.29) is 30.5 Å². The normalized spacial score (nSPS) is 12.7. The minimum atomic E-state index is -1.18. The van der Waals surface area contributed by atoms with Crippen LogP contribution in [0.3, 0.4) is 0 Å². The van der Waals surface area contributed by atoms with Gasteiger partial charge in [0.15, 0.2) is 0 Å². The van der Waals surface area contributed by atoms with E-state index in [2.05, 4.69) is 21.3 Å². The lowest BCUT2D eigenvalue weighted by molar-refractivity contribution is -0.142. The maximum absolute atomic E-state index is 13.0. The van der Waals surface area contributed by atoms with Gasteiger partial charge in [0.25, 0.3) is 5.97 Å². The van der Waals surface area contributed by atoms with Gasteiger partial charge in [0.1, 0.15) is 23.9 Å². The molecule has 0 aromatic heterocycles. The average molecular weight is 666 g/mol. The highest BCUT2D eigenvalue weighted by atomic mass is 32.2. The molecule has 4 amide bonds. The van der Waals surface area contributed by atoms with Crippen molar-refractivity contribution >= 4 is 47.3 Å². The molecule has 2 aromatic rings. The molecule has 0 aliphatic rings. The molecular formula is C30H43N5O10S. The SMILES string of the molecule is CC(=O)O.CSCC[C@H](NC(=O)[C@H](Cc1ccccc1)NC(=O)CNC(=O)[C@@H](C)NC(=O)[C@@H](N)Cc1ccc(O)cc1)C(=O)O.O. The summed E-state index contributed by atoms with van der Waals surface area (Å²) in [6.07, 6.45) is 2.33. The van der Waals surface area contributed by atoms with Crippen molar-refractivity contribution in [2.75, 3.05) is 18.6 Å².